The molecule has 1 saturated heterocycles. The molecule has 0 radical (unpaired) electrons. The number of halogens is 6. The Hall–Kier alpha value is -2.86. The van der Waals surface area contributed by atoms with Gasteiger partial charge >= 0.3 is 12.4 Å². The number of hydrogen-bond donors (Lipinski definition) is 0. The molecule has 0 bridgehead atoms. The van der Waals surface area contributed by atoms with Gasteiger partial charge in [-0.1, -0.05) is 0 Å². The first-order valence-electron chi connectivity index (χ1n) is 8.28. The van der Waals surface area contributed by atoms with E-state index in [1.165, 1.54) is 15.4 Å². The summed E-state index contributed by atoms with van der Waals surface area (Å²) in [4.78, 5) is 8.82. The molecule has 0 aromatic carbocycles. The number of alkyl halides is 6. The fourth-order valence-corrected chi connectivity index (χ4v) is 3.24. The molecule has 1 fully saturated rings. The first kappa shape index (κ1) is 18.5. The van der Waals surface area contributed by atoms with Gasteiger partial charge in [-0.3, -0.25) is 4.68 Å². The first-order chi connectivity index (χ1) is 13.1. The first-order valence-corrected chi connectivity index (χ1v) is 8.28. The molecule has 1 aliphatic heterocycles. The van der Waals surface area contributed by atoms with Gasteiger partial charge in [0.2, 0.25) is 0 Å². The van der Waals surface area contributed by atoms with Crippen LogP contribution in [0.5, 0.6) is 0 Å². The van der Waals surface area contributed by atoms with Crippen molar-refractivity contribution in [3.63, 3.8) is 0 Å². The Kier molecular flexibility index (Phi) is 4.19. The zero-order valence-corrected chi connectivity index (χ0v) is 14.1. The topological polar surface area (TPSA) is 64.1 Å². The van der Waals surface area contributed by atoms with Gasteiger partial charge in [-0.05, 0) is 18.9 Å². The maximum absolute atomic E-state index is 13.2. The summed E-state index contributed by atoms with van der Waals surface area (Å²) in [7, 11) is 0. The Balaban J connectivity index is 1.67. The normalized spacial score (nSPS) is 18.8. The van der Waals surface area contributed by atoms with Crippen molar-refractivity contribution >= 4 is 11.6 Å². The van der Waals surface area contributed by atoms with Crippen LogP contribution in [0.1, 0.15) is 30.3 Å². The van der Waals surface area contributed by atoms with Crippen molar-refractivity contribution in [1.29, 1.82) is 0 Å². The van der Waals surface area contributed by atoms with Crippen molar-refractivity contribution in [3.8, 4) is 0 Å². The zero-order valence-electron chi connectivity index (χ0n) is 14.1. The van der Waals surface area contributed by atoms with E-state index in [1.807, 2.05) is 0 Å². The minimum Gasteiger partial charge on any atom is -0.354 e. The molecular weight excluding hydrogens is 392 g/mol. The highest BCUT2D eigenvalue weighted by Crippen LogP contribution is 2.33. The molecule has 150 valence electrons. The van der Waals surface area contributed by atoms with Crippen LogP contribution in [0.15, 0.2) is 24.7 Å². The van der Waals surface area contributed by atoms with E-state index in [0.29, 0.717) is 19.4 Å². The lowest BCUT2D eigenvalue weighted by Crippen LogP contribution is -2.38. The Labute approximate surface area is 153 Å². The highest BCUT2D eigenvalue weighted by atomic mass is 19.4. The Morgan fingerprint density at radius 3 is 2.46 bits per heavy atom. The molecule has 4 rings (SSSR count). The van der Waals surface area contributed by atoms with Crippen LogP contribution in [-0.4, -0.2) is 42.5 Å². The van der Waals surface area contributed by atoms with Gasteiger partial charge in [0.1, 0.15) is 12.1 Å². The van der Waals surface area contributed by atoms with Gasteiger partial charge in [-0.15, -0.1) is 0 Å². The molecule has 0 amide bonds. The van der Waals surface area contributed by atoms with Crippen LogP contribution in [0, 0.1) is 0 Å². The van der Waals surface area contributed by atoms with E-state index in [0.717, 1.165) is 18.5 Å². The van der Waals surface area contributed by atoms with Gasteiger partial charge in [0, 0.05) is 25.4 Å². The van der Waals surface area contributed by atoms with Gasteiger partial charge < -0.3 is 4.90 Å². The molecule has 0 aliphatic carbocycles. The third-order valence-corrected chi connectivity index (χ3v) is 4.52. The quantitative estimate of drug-likeness (QED) is 0.613. The minimum absolute atomic E-state index is 0.128. The Morgan fingerprint density at radius 2 is 1.79 bits per heavy atom. The maximum atomic E-state index is 13.2. The predicted octanol–water partition coefficient (Wildman–Crippen LogP) is 3.20. The summed E-state index contributed by atoms with van der Waals surface area (Å²) >= 11 is 0. The van der Waals surface area contributed by atoms with Crippen LogP contribution in [-0.2, 0) is 12.4 Å². The molecular formula is C15H13F6N7. The van der Waals surface area contributed by atoms with Crippen molar-refractivity contribution in [2.75, 3.05) is 18.0 Å². The number of nitrogens with zero attached hydrogens (tertiary/aromatic N) is 7. The molecule has 1 atom stereocenters. The van der Waals surface area contributed by atoms with Crippen LogP contribution < -0.4 is 4.90 Å². The fraction of sp³-hybridized carbons (Fsp3) is 0.467. The van der Waals surface area contributed by atoms with Gasteiger partial charge in [0.15, 0.2) is 11.4 Å². The molecule has 13 heteroatoms. The number of hydrogen-bond acceptors (Lipinski definition) is 5. The van der Waals surface area contributed by atoms with Gasteiger partial charge in [-0.25, -0.2) is 4.98 Å². The second-order valence-electron chi connectivity index (χ2n) is 6.39. The molecule has 3 aromatic heterocycles. The number of fused-ring (bicyclic) bond motifs is 1. The third-order valence-electron chi connectivity index (χ3n) is 4.52. The monoisotopic (exact) mass is 405 g/mol. The molecule has 3 aromatic rings. The summed E-state index contributed by atoms with van der Waals surface area (Å²) < 4.78 is 80.2. The van der Waals surface area contributed by atoms with Crippen molar-refractivity contribution in [3.05, 3.63) is 36.0 Å². The summed E-state index contributed by atoms with van der Waals surface area (Å²) in [6.45, 7) is 0.593. The van der Waals surface area contributed by atoms with Crippen LogP contribution in [0.2, 0.25) is 0 Å². The van der Waals surface area contributed by atoms with E-state index < -0.39 is 29.8 Å². The number of aromatic nitrogens is 6. The van der Waals surface area contributed by atoms with Crippen molar-refractivity contribution in [2.24, 2.45) is 0 Å². The van der Waals surface area contributed by atoms with E-state index in [2.05, 4.69) is 20.2 Å². The molecule has 1 aliphatic rings. The SMILES string of the molecule is FC(F)(F)c1cc(N2CCCC(n3ccc(C(F)(F)F)n3)C2)n2ncnc2n1. The minimum atomic E-state index is -4.67. The average Bonchev–Trinajstić information content (AvgIpc) is 3.29. The molecule has 0 N–H and O–H groups in total. The van der Waals surface area contributed by atoms with Crippen LogP contribution in [0.4, 0.5) is 32.2 Å². The van der Waals surface area contributed by atoms with Crippen LogP contribution >= 0.6 is 0 Å². The Morgan fingerprint density at radius 1 is 1.04 bits per heavy atom. The highest BCUT2D eigenvalue weighted by Gasteiger charge is 2.36. The lowest BCUT2D eigenvalue weighted by atomic mass is 10.1. The predicted molar refractivity (Wildman–Crippen MR) is 83.5 cm³/mol. The molecule has 4 heterocycles. The van der Waals surface area contributed by atoms with E-state index in [4.69, 9.17) is 0 Å². The summed E-state index contributed by atoms with van der Waals surface area (Å²) in [5, 5.41) is 7.49. The summed E-state index contributed by atoms with van der Waals surface area (Å²) in [6.07, 6.45) is -5.79. The van der Waals surface area contributed by atoms with E-state index in [9.17, 15) is 26.3 Å². The summed E-state index contributed by atoms with van der Waals surface area (Å²) in [5.74, 6) is -0.0758. The summed E-state index contributed by atoms with van der Waals surface area (Å²) in [5.41, 5.74) is -2.12. The van der Waals surface area contributed by atoms with Gasteiger partial charge in [0.25, 0.3) is 5.78 Å². The fourth-order valence-electron chi connectivity index (χ4n) is 3.24. The van der Waals surface area contributed by atoms with Gasteiger partial charge in [0.05, 0.1) is 6.04 Å². The standard InChI is InChI=1S/C15H13F6N7/c16-14(17,18)10-3-5-27(25-10)9-2-1-4-26(7-9)12-6-11(15(19,20)21)24-13-22-8-23-28(12)13/h3,5-6,8-9H,1-2,4,7H2. The third kappa shape index (κ3) is 3.36. The van der Waals surface area contributed by atoms with Crippen LogP contribution in [0.3, 0.4) is 0 Å². The second kappa shape index (κ2) is 6.34. The highest BCUT2D eigenvalue weighted by molar-refractivity contribution is 5.48. The lowest BCUT2D eigenvalue weighted by molar-refractivity contribution is -0.142. The molecule has 1 unspecified atom stereocenters. The largest absolute Gasteiger partial charge is 0.435 e. The van der Waals surface area contributed by atoms with E-state index in [1.54, 1.807) is 4.90 Å². The maximum Gasteiger partial charge on any atom is 0.435 e. The molecule has 7 nitrogen and oxygen atoms in total. The molecule has 0 spiro atoms. The number of piperidine rings is 1. The van der Waals surface area contributed by atoms with Crippen molar-refractivity contribution in [1.82, 2.24) is 29.4 Å². The average molecular weight is 405 g/mol. The number of anilines is 1. The lowest BCUT2D eigenvalue weighted by Gasteiger charge is -2.34. The smallest absolute Gasteiger partial charge is 0.354 e. The van der Waals surface area contributed by atoms with Crippen LogP contribution in [0.25, 0.3) is 5.78 Å². The molecule has 28 heavy (non-hydrogen) atoms. The van der Waals surface area contributed by atoms with E-state index >= 15 is 0 Å². The van der Waals surface area contributed by atoms with E-state index in [-0.39, 0.29) is 18.1 Å². The zero-order chi connectivity index (χ0) is 20.1. The Bertz CT molecular complexity index is 989. The second-order valence-corrected chi connectivity index (χ2v) is 6.39. The van der Waals surface area contributed by atoms with Crippen molar-refractivity contribution in [2.45, 2.75) is 31.2 Å². The van der Waals surface area contributed by atoms with Crippen molar-refractivity contribution < 1.29 is 26.3 Å². The number of rotatable bonds is 2. The van der Waals surface area contributed by atoms with Gasteiger partial charge in [-0.2, -0.15) is 46.0 Å². The summed E-state index contributed by atoms with van der Waals surface area (Å²) in [6, 6.07) is 1.32. The molecule has 0 saturated carbocycles.